The van der Waals surface area contributed by atoms with Crippen molar-refractivity contribution in [1.82, 2.24) is 9.80 Å². The van der Waals surface area contributed by atoms with Crippen LogP contribution < -0.4 is 0 Å². The van der Waals surface area contributed by atoms with Crippen LogP contribution in [0, 0.1) is 0 Å². The second-order valence-electron chi connectivity index (χ2n) is 4.00. The summed E-state index contributed by atoms with van der Waals surface area (Å²) in [6.07, 6.45) is 1.63. The zero-order valence-corrected chi connectivity index (χ0v) is 8.95. The first-order chi connectivity index (χ1) is 6.59. The maximum atomic E-state index is 11.4. The van der Waals surface area contributed by atoms with Gasteiger partial charge >= 0.3 is 0 Å². The third-order valence-corrected chi connectivity index (χ3v) is 2.40. The minimum absolute atomic E-state index is 0.00000567. The molecule has 0 unspecified atom stereocenters. The summed E-state index contributed by atoms with van der Waals surface area (Å²) in [4.78, 5) is 26.2. The summed E-state index contributed by atoms with van der Waals surface area (Å²) >= 11 is 0. The third kappa shape index (κ3) is 3.46. The first-order valence-electron chi connectivity index (χ1n) is 5.04. The maximum Gasteiger partial charge on any atom is 0.230 e. The lowest BCUT2D eigenvalue weighted by Crippen LogP contribution is -2.40. The molecule has 1 heterocycles. The lowest BCUT2D eigenvalue weighted by molar-refractivity contribution is -0.139. The Bertz CT molecular complexity index is 226. The molecule has 0 saturated carbocycles. The summed E-state index contributed by atoms with van der Waals surface area (Å²) < 4.78 is 0. The number of Topliss-reactive ketones (excluding diaryl/α,β-unsaturated/α-hetero) is 1. The summed E-state index contributed by atoms with van der Waals surface area (Å²) in [5.74, 6) is 0.0823. The third-order valence-electron chi connectivity index (χ3n) is 2.40. The number of rotatable bonds is 4. The molecule has 0 radical (unpaired) electrons. The van der Waals surface area contributed by atoms with E-state index in [9.17, 15) is 9.59 Å². The van der Waals surface area contributed by atoms with Crippen LogP contribution in [0.1, 0.15) is 19.3 Å². The highest BCUT2D eigenvalue weighted by atomic mass is 16.2. The summed E-state index contributed by atoms with van der Waals surface area (Å²) in [7, 11) is 4.03. The number of likely N-dealkylation sites (tertiary alicyclic amines) is 1. The molecule has 1 rings (SSSR count). The second kappa shape index (κ2) is 5.10. The van der Waals surface area contributed by atoms with E-state index >= 15 is 0 Å². The Morgan fingerprint density at radius 2 is 2.07 bits per heavy atom. The van der Waals surface area contributed by atoms with Gasteiger partial charge in [0.25, 0.3) is 0 Å². The molecule has 4 nitrogen and oxygen atoms in total. The Morgan fingerprint density at radius 1 is 1.36 bits per heavy atom. The van der Waals surface area contributed by atoms with E-state index in [2.05, 4.69) is 4.90 Å². The number of amides is 1. The lowest BCUT2D eigenvalue weighted by atomic mass is 10.1. The van der Waals surface area contributed by atoms with E-state index < -0.39 is 0 Å². The van der Waals surface area contributed by atoms with Crippen LogP contribution in [0.4, 0.5) is 0 Å². The van der Waals surface area contributed by atoms with Crippen molar-refractivity contribution in [1.29, 1.82) is 0 Å². The monoisotopic (exact) mass is 198 g/mol. The van der Waals surface area contributed by atoms with Crippen LogP contribution in [0.15, 0.2) is 0 Å². The van der Waals surface area contributed by atoms with E-state index in [0.29, 0.717) is 13.0 Å². The Kier molecular flexibility index (Phi) is 4.07. The van der Waals surface area contributed by atoms with Gasteiger partial charge in [0.2, 0.25) is 5.91 Å². The summed E-state index contributed by atoms with van der Waals surface area (Å²) in [6, 6.07) is 0. The van der Waals surface area contributed by atoms with Crippen molar-refractivity contribution in [3.8, 4) is 0 Å². The van der Waals surface area contributed by atoms with Crippen LogP contribution in [0.25, 0.3) is 0 Å². The number of nitrogens with zero attached hydrogens (tertiary/aromatic N) is 2. The average Bonchev–Trinajstić information content (AvgIpc) is 2.08. The molecular formula is C10H18N2O2. The molecule has 0 bridgehead atoms. The van der Waals surface area contributed by atoms with Gasteiger partial charge in [-0.15, -0.1) is 0 Å². The molecular weight excluding hydrogens is 180 g/mol. The molecule has 1 fully saturated rings. The van der Waals surface area contributed by atoms with Crippen molar-refractivity contribution < 1.29 is 9.59 Å². The molecule has 1 aliphatic rings. The minimum atomic E-state index is 0.00000567. The number of piperidine rings is 1. The molecule has 0 aromatic heterocycles. The van der Waals surface area contributed by atoms with Crippen LogP contribution in [-0.4, -0.2) is 55.2 Å². The fourth-order valence-electron chi connectivity index (χ4n) is 1.57. The summed E-state index contributed by atoms with van der Waals surface area (Å²) in [5.41, 5.74) is 0. The Labute approximate surface area is 84.9 Å². The average molecular weight is 198 g/mol. The van der Waals surface area contributed by atoms with Gasteiger partial charge in [-0.25, -0.2) is 0 Å². The van der Waals surface area contributed by atoms with Crippen molar-refractivity contribution in [2.45, 2.75) is 19.3 Å². The Morgan fingerprint density at radius 3 is 2.64 bits per heavy atom. The highest BCUT2D eigenvalue weighted by Gasteiger charge is 2.22. The van der Waals surface area contributed by atoms with Gasteiger partial charge in [0, 0.05) is 19.5 Å². The van der Waals surface area contributed by atoms with E-state index in [1.807, 2.05) is 14.1 Å². The molecule has 1 amide bonds. The van der Waals surface area contributed by atoms with Gasteiger partial charge < -0.3 is 9.80 Å². The number of carbonyl (C=O) groups is 2. The van der Waals surface area contributed by atoms with Crippen molar-refractivity contribution in [2.75, 3.05) is 33.7 Å². The normalized spacial score (nSPS) is 18.1. The van der Waals surface area contributed by atoms with Crippen molar-refractivity contribution in [3.63, 3.8) is 0 Å². The topological polar surface area (TPSA) is 40.6 Å². The zero-order valence-electron chi connectivity index (χ0n) is 8.95. The molecule has 0 N–H and O–H groups in total. The maximum absolute atomic E-state index is 11.4. The lowest BCUT2D eigenvalue weighted by Gasteiger charge is -2.26. The number of carbonyl (C=O) groups excluding carboxylic acids is 2. The summed E-state index contributed by atoms with van der Waals surface area (Å²) in [5, 5.41) is 0. The van der Waals surface area contributed by atoms with E-state index in [1.165, 1.54) is 0 Å². The van der Waals surface area contributed by atoms with Crippen molar-refractivity contribution in [3.05, 3.63) is 0 Å². The fourth-order valence-corrected chi connectivity index (χ4v) is 1.57. The quantitative estimate of drug-likeness (QED) is 0.603. The first-order valence-corrected chi connectivity index (χ1v) is 5.04. The van der Waals surface area contributed by atoms with Gasteiger partial charge in [-0.05, 0) is 27.1 Å². The number of hydrogen-bond acceptors (Lipinski definition) is 3. The molecule has 4 heteroatoms. The molecule has 0 aromatic carbocycles. The molecule has 80 valence electrons. The highest BCUT2D eigenvalue weighted by molar-refractivity contribution is 6.00. The molecule has 0 spiro atoms. The molecule has 14 heavy (non-hydrogen) atoms. The predicted octanol–water partition coefficient (Wildman–Crippen LogP) is 0.130. The van der Waals surface area contributed by atoms with Crippen LogP contribution >= 0.6 is 0 Å². The largest absolute Gasteiger partial charge is 0.342 e. The Balaban J connectivity index is 2.24. The smallest absolute Gasteiger partial charge is 0.230 e. The second-order valence-corrected chi connectivity index (χ2v) is 4.00. The SMILES string of the molecule is CN(C)CCCN1CCC(=O)CC1=O. The number of ketones is 1. The van der Waals surface area contributed by atoms with E-state index in [1.54, 1.807) is 4.90 Å². The van der Waals surface area contributed by atoms with Gasteiger partial charge in [-0.2, -0.15) is 0 Å². The van der Waals surface area contributed by atoms with E-state index in [0.717, 1.165) is 19.5 Å². The predicted molar refractivity (Wildman–Crippen MR) is 54.0 cm³/mol. The van der Waals surface area contributed by atoms with Crippen LogP contribution in [0.5, 0.6) is 0 Å². The number of hydrogen-bond donors (Lipinski definition) is 0. The fraction of sp³-hybridized carbons (Fsp3) is 0.800. The van der Waals surface area contributed by atoms with Crippen molar-refractivity contribution >= 4 is 11.7 Å². The molecule has 0 aromatic rings. The highest BCUT2D eigenvalue weighted by Crippen LogP contribution is 2.07. The first kappa shape index (κ1) is 11.2. The van der Waals surface area contributed by atoms with Gasteiger partial charge in [0.15, 0.2) is 0 Å². The van der Waals surface area contributed by atoms with Crippen LogP contribution in [0.2, 0.25) is 0 Å². The molecule has 0 aliphatic carbocycles. The van der Waals surface area contributed by atoms with E-state index in [-0.39, 0.29) is 18.1 Å². The van der Waals surface area contributed by atoms with Gasteiger partial charge in [0.05, 0.1) is 6.42 Å². The van der Waals surface area contributed by atoms with Gasteiger partial charge in [-0.1, -0.05) is 0 Å². The molecule has 1 saturated heterocycles. The van der Waals surface area contributed by atoms with Crippen LogP contribution in [0.3, 0.4) is 0 Å². The van der Waals surface area contributed by atoms with E-state index in [4.69, 9.17) is 0 Å². The Hall–Kier alpha value is -0.900. The van der Waals surface area contributed by atoms with Crippen molar-refractivity contribution in [2.24, 2.45) is 0 Å². The van der Waals surface area contributed by atoms with Gasteiger partial charge in [0.1, 0.15) is 5.78 Å². The molecule has 0 atom stereocenters. The summed E-state index contributed by atoms with van der Waals surface area (Å²) in [6.45, 7) is 2.38. The molecule has 1 aliphatic heterocycles. The van der Waals surface area contributed by atoms with Gasteiger partial charge in [-0.3, -0.25) is 9.59 Å². The van der Waals surface area contributed by atoms with Crippen LogP contribution in [-0.2, 0) is 9.59 Å². The minimum Gasteiger partial charge on any atom is -0.342 e. The standard InChI is InChI=1S/C10H18N2O2/c1-11(2)5-3-6-12-7-4-9(13)8-10(12)14/h3-8H2,1-2H3. The zero-order chi connectivity index (χ0) is 10.6.